The number of morpholine rings is 1. The number of ether oxygens (including phenoxy) is 1. The topological polar surface area (TPSA) is 57.6 Å². The third kappa shape index (κ3) is 4.22. The molecule has 2 heterocycles. The summed E-state index contributed by atoms with van der Waals surface area (Å²) in [4.78, 5) is 6.29. The number of halogens is 2. The molecule has 1 aromatic carbocycles. The molecule has 1 atom stereocenters. The summed E-state index contributed by atoms with van der Waals surface area (Å²) in [6, 6.07) is 5.01. The SMILES string of the molecule is C[C@](O)(CNc1ccnc2c(F)cc(Br)cc12)CN1CCOCC1. The van der Waals surface area contributed by atoms with E-state index in [0.717, 1.165) is 18.8 Å². The molecule has 2 N–H and O–H groups in total. The highest BCUT2D eigenvalue weighted by atomic mass is 79.9. The zero-order valence-electron chi connectivity index (χ0n) is 13.6. The number of nitrogens with zero attached hydrogens (tertiary/aromatic N) is 2. The smallest absolute Gasteiger partial charge is 0.150 e. The number of hydrogen-bond acceptors (Lipinski definition) is 5. The van der Waals surface area contributed by atoms with Crippen molar-refractivity contribution >= 4 is 32.5 Å². The van der Waals surface area contributed by atoms with Crippen molar-refractivity contribution in [2.24, 2.45) is 0 Å². The Morgan fingerprint density at radius 3 is 2.92 bits per heavy atom. The molecule has 2 aromatic rings. The second kappa shape index (κ2) is 7.31. The summed E-state index contributed by atoms with van der Waals surface area (Å²) in [7, 11) is 0. The number of fused-ring (bicyclic) bond motifs is 1. The van der Waals surface area contributed by atoms with E-state index in [4.69, 9.17) is 4.74 Å². The summed E-state index contributed by atoms with van der Waals surface area (Å²) < 4.78 is 20.0. The van der Waals surface area contributed by atoms with E-state index in [1.807, 2.05) is 6.07 Å². The van der Waals surface area contributed by atoms with E-state index >= 15 is 0 Å². The maximum absolute atomic E-state index is 14.0. The number of hydrogen-bond donors (Lipinski definition) is 2. The van der Waals surface area contributed by atoms with Gasteiger partial charge in [0, 0.05) is 47.9 Å². The summed E-state index contributed by atoms with van der Waals surface area (Å²) in [5.41, 5.74) is 0.163. The molecule has 0 bridgehead atoms. The number of anilines is 1. The van der Waals surface area contributed by atoms with Gasteiger partial charge in [-0.25, -0.2) is 4.39 Å². The van der Waals surface area contributed by atoms with Gasteiger partial charge >= 0.3 is 0 Å². The largest absolute Gasteiger partial charge is 0.387 e. The third-order valence-electron chi connectivity index (χ3n) is 4.09. The minimum atomic E-state index is -0.905. The highest BCUT2D eigenvalue weighted by molar-refractivity contribution is 9.10. The van der Waals surface area contributed by atoms with Crippen LogP contribution in [0.2, 0.25) is 0 Å². The minimum absolute atomic E-state index is 0.316. The Morgan fingerprint density at radius 1 is 1.42 bits per heavy atom. The summed E-state index contributed by atoms with van der Waals surface area (Å²) in [6.07, 6.45) is 1.57. The van der Waals surface area contributed by atoms with Crippen LogP contribution in [0.1, 0.15) is 6.92 Å². The van der Waals surface area contributed by atoms with E-state index in [0.29, 0.717) is 41.7 Å². The summed E-state index contributed by atoms with van der Waals surface area (Å²) >= 11 is 3.31. The first-order valence-electron chi connectivity index (χ1n) is 7.95. The van der Waals surface area contributed by atoms with Gasteiger partial charge in [0.1, 0.15) is 5.52 Å². The standard InChI is InChI=1S/C17H21BrFN3O2/c1-17(23,11-22-4-6-24-7-5-22)10-21-15-2-3-20-16-13(15)8-12(18)9-14(16)19/h2-3,8-9,23H,4-7,10-11H2,1H3,(H,20,21)/t17-/m0/s1. The van der Waals surface area contributed by atoms with Gasteiger partial charge in [-0.2, -0.15) is 0 Å². The molecule has 0 saturated carbocycles. The zero-order valence-corrected chi connectivity index (χ0v) is 15.1. The molecule has 1 saturated heterocycles. The van der Waals surface area contributed by atoms with Crippen molar-refractivity contribution in [3.8, 4) is 0 Å². The van der Waals surface area contributed by atoms with E-state index in [1.165, 1.54) is 6.07 Å². The van der Waals surface area contributed by atoms with Crippen LogP contribution in [0.5, 0.6) is 0 Å². The monoisotopic (exact) mass is 397 g/mol. The van der Waals surface area contributed by atoms with Crippen LogP contribution in [0.15, 0.2) is 28.9 Å². The van der Waals surface area contributed by atoms with Crippen LogP contribution in [0, 0.1) is 5.82 Å². The van der Waals surface area contributed by atoms with Crippen LogP contribution >= 0.6 is 15.9 Å². The molecule has 3 rings (SSSR count). The van der Waals surface area contributed by atoms with Crippen molar-refractivity contribution in [1.82, 2.24) is 9.88 Å². The molecule has 7 heteroatoms. The Hall–Kier alpha value is -1.28. The molecule has 5 nitrogen and oxygen atoms in total. The van der Waals surface area contributed by atoms with Crippen molar-refractivity contribution < 1.29 is 14.2 Å². The molecule has 1 aliphatic heterocycles. The highest BCUT2D eigenvalue weighted by Crippen LogP contribution is 2.28. The quantitative estimate of drug-likeness (QED) is 0.811. The molecule has 0 spiro atoms. The predicted octanol–water partition coefficient (Wildman–Crippen LogP) is 2.63. The van der Waals surface area contributed by atoms with Crippen LogP contribution in [0.3, 0.4) is 0 Å². The Labute approximate surface area is 148 Å². The molecule has 1 fully saturated rings. The number of nitrogens with one attached hydrogen (secondary N) is 1. The second-order valence-corrected chi connectivity index (χ2v) is 7.30. The first-order valence-corrected chi connectivity index (χ1v) is 8.74. The summed E-state index contributed by atoms with van der Waals surface area (Å²) in [6.45, 7) is 5.77. The lowest BCUT2D eigenvalue weighted by Crippen LogP contribution is -2.49. The van der Waals surface area contributed by atoms with Crippen LogP contribution in [-0.4, -0.2) is 60.0 Å². The zero-order chi connectivity index (χ0) is 17.2. The van der Waals surface area contributed by atoms with Gasteiger partial charge in [0.15, 0.2) is 5.82 Å². The second-order valence-electron chi connectivity index (χ2n) is 6.38. The molecular weight excluding hydrogens is 377 g/mol. The van der Waals surface area contributed by atoms with Crippen molar-refractivity contribution in [3.63, 3.8) is 0 Å². The van der Waals surface area contributed by atoms with Gasteiger partial charge in [0.05, 0.1) is 18.8 Å². The molecule has 0 amide bonds. The van der Waals surface area contributed by atoms with Gasteiger partial charge in [-0.3, -0.25) is 9.88 Å². The van der Waals surface area contributed by atoms with Gasteiger partial charge in [0.25, 0.3) is 0 Å². The van der Waals surface area contributed by atoms with Gasteiger partial charge in [0.2, 0.25) is 0 Å². The van der Waals surface area contributed by atoms with Crippen molar-refractivity contribution in [2.75, 3.05) is 44.7 Å². The molecule has 24 heavy (non-hydrogen) atoms. The fraction of sp³-hybridized carbons (Fsp3) is 0.471. The lowest BCUT2D eigenvalue weighted by atomic mass is 10.1. The average Bonchev–Trinajstić information content (AvgIpc) is 2.53. The van der Waals surface area contributed by atoms with E-state index in [9.17, 15) is 9.50 Å². The van der Waals surface area contributed by atoms with Crippen LogP contribution in [0.25, 0.3) is 10.9 Å². The fourth-order valence-electron chi connectivity index (χ4n) is 2.92. The average molecular weight is 398 g/mol. The van der Waals surface area contributed by atoms with Gasteiger partial charge in [-0.1, -0.05) is 15.9 Å². The number of benzene rings is 1. The van der Waals surface area contributed by atoms with Gasteiger partial charge < -0.3 is 15.2 Å². The van der Waals surface area contributed by atoms with Gasteiger partial charge in [-0.05, 0) is 25.1 Å². The first kappa shape index (κ1) is 17.5. The lowest BCUT2D eigenvalue weighted by molar-refractivity contribution is -0.0163. The van der Waals surface area contributed by atoms with E-state index in [2.05, 4.69) is 31.1 Å². The number of aromatic nitrogens is 1. The van der Waals surface area contributed by atoms with Gasteiger partial charge in [-0.15, -0.1) is 0 Å². The Balaban J connectivity index is 1.72. The van der Waals surface area contributed by atoms with Crippen LogP contribution in [-0.2, 0) is 4.74 Å². The molecule has 0 radical (unpaired) electrons. The number of pyridine rings is 1. The maximum Gasteiger partial charge on any atom is 0.150 e. The molecule has 1 aromatic heterocycles. The Morgan fingerprint density at radius 2 is 2.17 bits per heavy atom. The van der Waals surface area contributed by atoms with E-state index in [-0.39, 0.29) is 5.82 Å². The predicted molar refractivity (Wildman–Crippen MR) is 95.8 cm³/mol. The normalized spacial score (nSPS) is 18.5. The van der Waals surface area contributed by atoms with Crippen molar-refractivity contribution in [2.45, 2.75) is 12.5 Å². The van der Waals surface area contributed by atoms with E-state index < -0.39 is 5.60 Å². The Bertz CT molecular complexity index is 720. The summed E-state index contributed by atoms with van der Waals surface area (Å²) in [5.74, 6) is -0.372. The summed E-state index contributed by atoms with van der Waals surface area (Å²) in [5, 5.41) is 14.6. The fourth-order valence-corrected chi connectivity index (χ4v) is 3.35. The van der Waals surface area contributed by atoms with Crippen molar-refractivity contribution in [1.29, 1.82) is 0 Å². The Kier molecular flexibility index (Phi) is 5.34. The minimum Gasteiger partial charge on any atom is -0.387 e. The lowest BCUT2D eigenvalue weighted by Gasteiger charge is -2.34. The molecule has 1 aliphatic rings. The highest BCUT2D eigenvalue weighted by Gasteiger charge is 2.25. The van der Waals surface area contributed by atoms with Crippen LogP contribution < -0.4 is 5.32 Å². The third-order valence-corrected chi connectivity index (χ3v) is 4.55. The first-order chi connectivity index (χ1) is 11.4. The number of β-amino-alcohol motifs (C(OH)–C–C–N with tert-alkyl or cyclic N) is 1. The molecule has 130 valence electrons. The van der Waals surface area contributed by atoms with Crippen LogP contribution in [0.4, 0.5) is 10.1 Å². The molecule has 0 aliphatic carbocycles. The number of aliphatic hydroxyl groups is 1. The van der Waals surface area contributed by atoms with E-state index in [1.54, 1.807) is 19.2 Å². The molecule has 0 unspecified atom stereocenters. The molecular formula is C17H21BrFN3O2. The maximum atomic E-state index is 14.0. The van der Waals surface area contributed by atoms with Crippen molar-refractivity contribution in [3.05, 3.63) is 34.7 Å². The number of rotatable bonds is 5.